The molecule has 0 radical (unpaired) electrons. The Balaban J connectivity index is 2.66. The molecule has 0 aliphatic carbocycles. The Labute approximate surface area is 94.4 Å². The van der Waals surface area contributed by atoms with Crippen molar-refractivity contribution in [2.45, 2.75) is 26.3 Å². The van der Waals surface area contributed by atoms with Gasteiger partial charge in [0.15, 0.2) is 0 Å². The van der Waals surface area contributed by atoms with Crippen LogP contribution in [0.2, 0.25) is 0 Å². The van der Waals surface area contributed by atoms with Crippen LogP contribution in [0.25, 0.3) is 0 Å². The van der Waals surface area contributed by atoms with Crippen molar-refractivity contribution in [3.05, 3.63) is 0 Å². The van der Waals surface area contributed by atoms with E-state index in [4.69, 9.17) is 4.74 Å². The summed E-state index contributed by atoms with van der Waals surface area (Å²) in [4.78, 5) is 5.02. The first-order chi connectivity index (χ1) is 7.00. The van der Waals surface area contributed by atoms with Gasteiger partial charge in [0.05, 0.1) is 6.61 Å². The minimum absolute atomic E-state index is 0.297. The lowest BCUT2D eigenvalue weighted by molar-refractivity contribution is -0.0240. The van der Waals surface area contributed by atoms with Crippen LogP contribution in [0.3, 0.4) is 0 Å². The van der Waals surface area contributed by atoms with Gasteiger partial charge in [0.1, 0.15) is 0 Å². The Bertz CT molecular complexity index is 194. The van der Waals surface area contributed by atoms with E-state index >= 15 is 0 Å². The van der Waals surface area contributed by atoms with E-state index in [0.717, 1.165) is 26.2 Å². The molecule has 1 rings (SSSR count). The number of piperazine rings is 1. The second kappa shape index (κ2) is 5.28. The number of hydrogen-bond acceptors (Lipinski definition) is 3. The van der Waals surface area contributed by atoms with Gasteiger partial charge in [-0.2, -0.15) is 0 Å². The number of methoxy groups -OCH3 is 1. The fraction of sp³-hybridized carbons (Fsp3) is 1.00. The van der Waals surface area contributed by atoms with Crippen LogP contribution < -0.4 is 0 Å². The third-order valence-corrected chi connectivity index (χ3v) is 3.87. The lowest BCUT2D eigenvalue weighted by Gasteiger charge is -2.50. The maximum atomic E-state index is 5.19. The molecule has 0 aromatic carbocycles. The van der Waals surface area contributed by atoms with Crippen molar-refractivity contribution >= 4 is 0 Å². The summed E-state index contributed by atoms with van der Waals surface area (Å²) in [6.45, 7) is 12.4. The number of rotatable bonds is 4. The molecule has 3 heteroatoms. The van der Waals surface area contributed by atoms with E-state index in [9.17, 15) is 0 Å². The van der Waals surface area contributed by atoms with E-state index in [2.05, 4.69) is 37.6 Å². The molecule has 1 unspecified atom stereocenters. The Kier molecular flexibility index (Phi) is 4.56. The van der Waals surface area contributed by atoms with E-state index in [0.29, 0.717) is 11.5 Å². The predicted molar refractivity (Wildman–Crippen MR) is 64.2 cm³/mol. The Hall–Kier alpha value is -0.120. The fourth-order valence-electron chi connectivity index (χ4n) is 2.39. The normalized spacial score (nSPS) is 30.0. The molecule has 1 aliphatic heterocycles. The van der Waals surface area contributed by atoms with Crippen molar-refractivity contribution in [1.82, 2.24) is 9.80 Å². The lowest BCUT2D eigenvalue weighted by atomic mass is 9.84. The van der Waals surface area contributed by atoms with Crippen molar-refractivity contribution in [2.24, 2.45) is 5.92 Å². The highest BCUT2D eigenvalue weighted by molar-refractivity contribution is 4.95. The van der Waals surface area contributed by atoms with Gasteiger partial charge < -0.3 is 9.64 Å². The molecular weight excluding hydrogens is 188 g/mol. The minimum Gasteiger partial charge on any atom is -0.383 e. The average molecular weight is 214 g/mol. The van der Waals surface area contributed by atoms with Gasteiger partial charge in [-0.1, -0.05) is 13.8 Å². The van der Waals surface area contributed by atoms with Gasteiger partial charge in [0, 0.05) is 38.8 Å². The highest BCUT2D eigenvalue weighted by Gasteiger charge is 2.38. The summed E-state index contributed by atoms with van der Waals surface area (Å²) in [6.07, 6.45) is 0. The SMILES string of the molecule is COCCN1CCN(C)CC1(C)C(C)C. The molecule has 0 spiro atoms. The monoisotopic (exact) mass is 214 g/mol. The number of ether oxygens (including phenoxy) is 1. The van der Waals surface area contributed by atoms with Gasteiger partial charge in [-0.25, -0.2) is 0 Å². The zero-order valence-corrected chi connectivity index (χ0v) is 10.9. The second-order valence-corrected chi connectivity index (χ2v) is 5.23. The summed E-state index contributed by atoms with van der Waals surface area (Å²) in [6, 6.07) is 0. The average Bonchev–Trinajstić information content (AvgIpc) is 2.16. The highest BCUT2D eigenvalue weighted by Crippen LogP contribution is 2.28. The summed E-state index contributed by atoms with van der Waals surface area (Å²) < 4.78 is 5.19. The fourth-order valence-corrected chi connectivity index (χ4v) is 2.39. The molecular formula is C12H26N2O. The third-order valence-electron chi connectivity index (χ3n) is 3.87. The maximum Gasteiger partial charge on any atom is 0.0589 e. The zero-order valence-electron chi connectivity index (χ0n) is 10.9. The Morgan fingerprint density at radius 3 is 2.53 bits per heavy atom. The van der Waals surface area contributed by atoms with E-state index in [1.807, 2.05) is 0 Å². The first-order valence-corrected chi connectivity index (χ1v) is 5.93. The molecule has 1 saturated heterocycles. The van der Waals surface area contributed by atoms with Crippen LogP contribution in [-0.2, 0) is 4.74 Å². The maximum absolute atomic E-state index is 5.19. The lowest BCUT2D eigenvalue weighted by Crippen LogP contribution is -2.62. The van der Waals surface area contributed by atoms with Crippen LogP contribution in [-0.4, -0.2) is 62.3 Å². The van der Waals surface area contributed by atoms with Gasteiger partial charge in [-0.15, -0.1) is 0 Å². The molecule has 0 bridgehead atoms. The van der Waals surface area contributed by atoms with E-state index in [1.165, 1.54) is 6.54 Å². The molecule has 0 saturated carbocycles. The van der Waals surface area contributed by atoms with Gasteiger partial charge in [0.2, 0.25) is 0 Å². The van der Waals surface area contributed by atoms with E-state index in [-0.39, 0.29) is 0 Å². The van der Waals surface area contributed by atoms with Gasteiger partial charge in [-0.3, -0.25) is 4.90 Å². The molecule has 1 heterocycles. The smallest absolute Gasteiger partial charge is 0.0589 e. The molecule has 1 fully saturated rings. The summed E-state index contributed by atoms with van der Waals surface area (Å²) in [7, 11) is 4.00. The second-order valence-electron chi connectivity index (χ2n) is 5.23. The molecule has 0 amide bonds. The van der Waals surface area contributed by atoms with E-state index < -0.39 is 0 Å². The van der Waals surface area contributed by atoms with Crippen molar-refractivity contribution in [3.63, 3.8) is 0 Å². The molecule has 90 valence electrons. The highest BCUT2D eigenvalue weighted by atomic mass is 16.5. The molecule has 1 aliphatic rings. The van der Waals surface area contributed by atoms with Gasteiger partial charge in [0.25, 0.3) is 0 Å². The minimum atomic E-state index is 0.297. The third kappa shape index (κ3) is 2.92. The summed E-state index contributed by atoms with van der Waals surface area (Å²) in [5.74, 6) is 0.678. The van der Waals surface area contributed by atoms with Crippen molar-refractivity contribution in [2.75, 3.05) is 46.9 Å². The molecule has 0 aromatic rings. The molecule has 0 N–H and O–H groups in total. The first kappa shape index (κ1) is 12.9. The van der Waals surface area contributed by atoms with Gasteiger partial charge in [-0.05, 0) is 19.9 Å². The number of nitrogens with zero attached hydrogens (tertiary/aromatic N) is 2. The topological polar surface area (TPSA) is 15.7 Å². The first-order valence-electron chi connectivity index (χ1n) is 5.93. The largest absolute Gasteiger partial charge is 0.383 e. The Morgan fingerprint density at radius 2 is 2.00 bits per heavy atom. The number of likely N-dealkylation sites (N-methyl/N-ethyl adjacent to an activating group) is 1. The Morgan fingerprint density at radius 1 is 1.33 bits per heavy atom. The van der Waals surface area contributed by atoms with Crippen LogP contribution in [0.15, 0.2) is 0 Å². The summed E-state index contributed by atoms with van der Waals surface area (Å²) >= 11 is 0. The van der Waals surface area contributed by atoms with Crippen molar-refractivity contribution < 1.29 is 4.74 Å². The summed E-state index contributed by atoms with van der Waals surface area (Å²) in [5, 5.41) is 0. The van der Waals surface area contributed by atoms with Crippen LogP contribution in [0, 0.1) is 5.92 Å². The zero-order chi connectivity index (χ0) is 11.5. The van der Waals surface area contributed by atoms with Crippen LogP contribution in [0.4, 0.5) is 0 Å². The number of hydrogen-bond donors (Lipinski definition) is 0. The van der Waals surface area contributed by atoms with Crippen molar-refractivity contribution in [1.29, 1.82) is 0 Å². The molecule has 3 nitrogen and oxygen atoms in total. The predicted octanol–water partition coefficient (Wildman–Crippen LogP) is 1.29. The van der Waals surface area contributed by atoms with Crippen LogP contribution in [0.1, 0.15) is 20.8 Å². The van der Waals surface area contributed by atoms with E-state index in [1.54, 1.807) is 7.11 Å². The molecule has 1 atom stereocenters. The van der Waals surface area contributed by atoms with Crippen molar-refractivity contribution in [3.8, 4) is 0 Å². The molecule has 0 aromatic heterocycles. The quantitative estimate of drug-likeness (QED) is 0.701. The van der Waals surface area contributed by atoms with Crippen LogP contribution in [0.5, 0.6) is 0 Å². The van der Waals surface area contributed by atoms with Crippen LogP contribution >= 0.6 is 0 Å². The van der Waals surface area contributed by atoms with Gasteiger partial charge >= 0.3 is 0 Å². The molecule has 15 heavy (non-hydrogen) atoms. The summed E-state index contributed by atoms with van der Waals surface area (Å²) in [5.41, 5.74) is 0.297. The standard InChI is InChI=1S/C12H26N2O/c1-11(2)12(3)10-13(4)6-7-14(12)8-9-15-5/h11H,6-10H2,1-5H3.